The maximum Gasteiger partial charge on any atom is 0.169 e. The largest absolute Gasteiger partial charge is 0.208 e. The number of allylic oxidation sites excluding steroid dienone is 1. The fraction of sp³-hybridized carbons (Fsp3) is 0.500. The zero-order chi connectivity index (χ0) is 14.9. The average molecular weight is 286 g/mol. The van der Waals surface area contributed by atoms with E-state index in [9.17, 15) is 17.6 Å². The van der Waals surface area contributed by atoms with Gasteiger partial charge in [-0.2, -0.15) is 0 Å². The van der Waals surface area contributed by atoms with Crippen molar-refractivity contribution in [3.63, 3.8) is 0 Å². The van der Waals surface area contributed by atoms with Crippen molar-refractivity contribution >= 4 is 5.83 Å². The first-order valence-corrected chi connectivity index (χ1v) is 6.92. The normalized spacial score (nSPS) is 24.5. The van der Waals surface area contributed by atoms with Gasteiger partial charge < -0.3 is 0 Å². The molecular weight excluding hydrogens is 268 g/mol. The number of hydrogen-bond acceptors (Lipinski definition) is 0. The van der Waals surface area contributed by atoms with Crippen LogP contribution < -0.4 is 0 Å². The summed E-state index contributed by atoms with van der Waals surface area (Å²) < 4.78 is 55.3. The first-order chi connectivity index (χ1) is 9.41. The summed E-state index contributed by atoms with van der Waals surface area (Å²) in [5, 5.41) is 0. The molecule has 0 heterocycles. The van der Waals surface area contributed by atoms with E-state index in [0.717, 1.165) is 18.9 Å². The van der Waals surface area contributed by atoms with Crippen LogP contribution >= 0.6 is 0 Å². The van der Waals surface area contributed by atoms with E-state index >= 15 is 0 Å². The number of rotatable bonds is 2. The van der Waals surface area contributed by atoms with Gasteiger partial charge in [0.2, 0.25) is 0 Å². The van der Waals surface area contributed by atoms with Crippen molar-refractivity contribution in [2.45, 2.75) is 39.5 Å². The lowest BCUT2D eigenvalue weighted by atomic mass is 9.82. The van der Waals surface area contributed by atoms with Crippen molar-refractivity contribution in [2.75, 3.05) is 0 Å². The van der Waals surface area contributed by atoms with E-state index in [1.807, 2.05) is 0 Å². The predicted molar refractivity (Wildman–Crippen MR) is 71.4 cm³/mol. The third-order valence-corrected chi connectivity index (χ3v) is 4.10. The monoisotopic (exact) mass is 286 g/mol. The lowest BCUT2D eigenvalue weighted by Gasteiger charge is -2.25. The van der Waals surface area contributed by atoms with E-state index in [0.29, 0.717) is 18.8 Å². The Kier molecular flexibility index (Phi) is 4.51. The highest BCUT2D eigenvalue weighted by atomic mass is 19.2. The summed E-state index contributed by atoms with van der Waals surface area (Å²) >= 11 is 0. The second-order valence-electron chi connectivity index (χ2n) is 5.68. The van der Waals surface area contributed by atoms with Gasteiger partial charge in [0.05, 0.1) is 5.56 Å². The van der Waals surface area contributed by atoms with Crippen LogP contribution in [0, 0.1) is 30.4 Å². The Bertz CT molecular complexity index is 526. The summed E-state index contributed by atoms with van der Waals surface area (Å²) in [5.41, 5.74) is -0.546. The van der Waals surface area contributed by atoms with Gasteiger partial charge in [-0.05, 0) is 37.3 Å². The lowest BCUT2D eigenvalue weighted by Crippen LogP contribution is -2.13. The molecule has 0 radical (unpaired) electrons. The zero-order valence-corrected chi connectivity index (χ0v) is 11.6. The minimum atomic E-state index is -1.32. The van der Waals surface area contributed by atoms with Crippen LogP contribution in [0.4, 0.5) is 17.6 Å². The van der Waals surface area contributed by atoms with Crippen molar-refractivity contribution in [1.82, 2.24) is 0 Å². The quantitative estimate of drug-likeness (QED) is 0.611. The Labute approximate surface area is 116 Å². The maximum atomic E-state index is 14.1. The molecule has 20 heavy (non-hydrogen) atoms. The highest BCUT2D eigenvalue weighted by Crippen LogP contribution is 2.38. The molecule has 1 aromatic rings. The molecule has 0 atom stereocenters. The first kappa shape index (κ1) is 15.1. The van der Waals surface area contributed by atoms with E-state index in [1.165, 1.54) is 13.0 Å². The molecule has 0 saturated heterocycles. The van der Waals surface area contributed by atoms with Gasteiger partial charge in [0.1, 0.15) is 5.83 Å². The molecule has 1 saturated carbocycles. The maximum absolute atomic E-state index is 14.1. The summed E-state index contributed by atoms with van der Waals surface area (Å²) in [6.07, 6.45) is 2.76. The Hall–Kier alpha value is -1.32. The van der Waals surface area contributed by atoms with Crippen molar-refractivity contribution in [3.05, 3.63) is 40.7 Å². The first-order valence-electron chi connectivity index (χ1n) is 6.92. The van der Waals surface area contributed by atoms with Gasteiger partial charge in [0, 0.05) is 5.92 Å². The number of hydrogen-bond donors (Lipinski definition) is 0. The minimum absolute atomic E-state index is 0.0750. The van der Waals surface area contributed by atoms with Crippen LogP contribution in [0.5, 0.6) is 0 Å². The molecule has 0 aliphatic heterocycles. The SMILES string of the molecule is Cc1ccc(/C(F)=C(\F)C2CCC(C)CC2)c(F)c1F. The second kappa shape index (κ2) is 5.98. The van der Waals surface area contributed by atoms with Crippen LogP contribution in [0.2, 0.25) is 0 Å². The topological polar surface area (TPSA) is 0 Å². The fourth-order valence-electron chi connectivity index (χ4n) is 2.64. The molecule has 1 aliphatic rings. The molecule has 0 aromatic heterocycles. The standard InChI is InChI=1S/C16H18F4/c1-9-3-6-11(7-4-9)14(18)16(20)12-8-5-10(2)13(17)15(12)19/h5,8-9,11H,3-4,6-7H2,1-2H3/b16-14+. The van der Waals surface area contributed by atoms with E-state index in [-0.39, 0.29) is 5.56 Å². The molecular formula is C16H18F4. The molecule has 1 fully saturated rings. The molecule has 0 N–H and O–H groups in total. The van der Waals surface area contributed by atoms with Crippen LogP contribution in [-0.2, 0) is 0 Å². The van der Waals surface area contributed by atoms with Gasteiger partial charge in [0.15, 0.2) is 17.5 Å². The molecule has 0 amide bonds. The molecule has 1 aliphatic carbocycles. The average Bonchev–Trinajstić information content (AvgIpc) is 2.44. The molecule has 0 nitrogen and oxygen atoms in total. The third-order valence-electron chi connectivity index (χ3n) is 4.10. The third kappa shape index (κ3) is 2.89. The van der Waals surface area contributed by atoms with Crippen molar-refractivity contribution < 1.29 is 17.6 Å². The van der Waals surface area contributed by atoms with Crippen LogP contribution in [0.25, 0.3) is 5.83 Å². The summed E-state index contributed by atoms with van der Waals surface area (Å²) in [7, 11) is 0. The molecule has 0 spiro atoms. The fourth-order valence-corrected chi connectivity index (χ4v) is 2.64. The minimum Gasteiger partial charge on any atom is -0.208 e. The Morgan fingerprint density at radius 1 is 1.00 bits per heavy atom. The Morgan fingerprint density at radius 2 is 1.60 bits per heavy atom. The van der Waals surface area contributed by atoms with Crippen molar-refractivity contribution in [2.24, 2.45) is 11.8 Å². The lowest BCUT2D eigenvalue weighted by molar-refractivity contribution is 0.286. The second-order valence-corrected chi connectivity index (χ2v) is 5.68. The molecule has 0 bridgehead atoms. The number of halogens is 4. The van der Waals surface area contributed by atoms with Gasteiger partial charge in [-0.3, -0.25) is 0 Å². The van der Waals surface area contributed by atoms with E-state index in [4.69, 9.17) is 0 Å². The highest BCUT2D eigenvalue weighted by molar-refractivity contribution is 5.62. The molecule has 4 heteroatoms. The number of benzene rings is 1. The van der Waals surface area contributed by atoms with E-state index in [1.54, 1.807) is 0 Å². The number of aryl methyl sites for hydroxylation is 1. The van der Waals surface area contributed by atoms with E-state index in [2.05, 4.69) is 6.92 Å². The van der Waals surface area contributed by atoms with Gasteiger partial charge in [0.25, 0.3) is 0 Å². The van der Waals surface area contributed by atoms with Crippen LogP contribution in [0.15, 0.2) is 18.0 Å². The van der Waals surface area contributed by atoms with Crippen LogP contribution in [0.3, 0.4) is 0 Å². The zero-order valence-electron chi connectivity index (χ0n) is 11.6. The summed E-state index contributed by atoms with van der Waals surface area (Å²) in [5.74, 6) is -4.66. The molecule has 2 rings (SSSR count). The van der Waals surface area contributed by atoms with Gasteiger partial charge in [-0.15, -0.1) is 0 Å². The van der Waals surface area contributed by atoms with Crippen molar-refractivity contribution in [1.29, 1.82) is 0 Å². The van der Waals surface area contributed by atoms with Crippen LogP contribution in [-0.4, -0.2) is 0 Å². The van der Waals surface area contributed by atoms with E-state index < -0.39 is 34.8 Å². The summed E-state index contributed by atoms with van der Waals surface area (Å²) in [6.45, 7) is 3.45. The summed E-state index contributed by atoms with van der Waals surface area (Å²) in [6, 6.07) is 2.34. The Morgan fingerprint density at radius 3 is 2.20 bits per heavy atom. The summed E-state index contributed by atoms with van der Waals surface area (Å²) in [4.78, 5) is 0. The smallest absolute Gasteiger partial charge is 0.169 e. The van der Waals surface area contributed by atoms with Gasteiger partial charge in [-0.1, -0.05) is 25.8 Å². The van der Waals surface area contributed by atoms with Gasteiger partial charge in [-0.25, -0.2) is 17.6 Å². The Balaban J connectivity index is 2.31. The highest BCUT2D eigenvalue weighted by Gasteiger charge is 2.26. The molecule has 1 aromatic carbocycles. The van der Waals surface area contributed by atoms with Crippen LogP contribution in [0.1, 0.15) is 43.7 Å². The van der Waals surface area contributed by atoms with Gasteiger partial charge >= 0.3 is 0 Å². The molecule has 0 unspecified atom stereocenters. The molecule has 110 valence electrons. The predicted octanol–water partition coefficient (Wildman–Crippen LogP) is 5.71. The van der Waals surface area contributed by atoms with Crippen molar-refractivity contribution in [3.8, 4) is 0 Å².